The maximum Gasteiger partial charge on any atom is 0.335 e. The van der Waals surface area contributed by atoms with E-state index in [-0.39, 0.29) is 5.43 Å². The maximum absolute atomic E-state index is 13.1. The van der Waals surface area contributed by atoms with Gasteiger partial charge in [-0.2, -0.15) is 0 Å². The minimum absolute atomic E-state index is 0.0524. The number of rotatable bonds is 12. The first-order valence-electron chi connectivity index (χ1n) is 12.4. The van der Waals surface area contributed by atoms with Crippen molar-refractivity contribution in [1.82, 2.24) is 14.5 Å². The molecule has 0 saturated carbocycles. The number of hydrogen-bond acceptors (Lipinski definition) is 9. The monoisotopic (exact) mass is 587 g/mol. The van der Waals surface area contributed by atoms with Crippen LogP contribution in [0.2, 0.25) is 5.02 Å². The molecule has 0 radical (unpaired) electrons. The number of hydrogen-bond donors (Lipinski definition) is 4. The largest absolute Gasteiger partial charge is 0.496 e. The lowest BCUT2D eigenvalue weighted by Crippen LogP contribution is -2.39. The topological polar surface area (TPSA) is 176 Å². The summed E-state index contributed by atoms with van der Waals surface area (Å²) < 4.78 is 13.3. The summed E-state index contributed by atoms with van der Waals surface area (Å²) in [6.45, 7) is 2.77. The van der Waals surface area contributed by atoms with Crippen molar-refractivity contribution in [3.63, 3.8) is 0 Å². The number of methoxy groups -OCH3 is 1. The van der Waals surface area contributed by atoms with Crippen molar-refractivity contribution in [2.75, 3.05) is 13.7 Å². The van der Waals surface area contributed by atoms with Crippen LogP contribution >= 0.6 is 11.6 Å². The molecule has 0 fully saturated rings. The van der Waals surface area contributed by atoms with E-state index in [2.05, 4.69) is 9.88 Å². The predicted octanol–water partition coefficient (Wildman–Crippen LogP) is 2.62. The first-order valence-corrected chi connectivity index (χ1v) is 12.8. The van der Waals surface area contributed by atoms with E-state index in [0.717, 1.165) is 30.8 Å². The SMILES string of the molecule is COc1ccccc1CN(CCCn1ccnc1)Cc1coc2ccc(Cl)cc2c1=O.O=C(O)C(O)C(O)C(=O)O. The minimum atomic E-state index is -2.27. The van der Waals surface area contributed by atoms with E-state index in [1.165, 1.54) is 0 Å². The summed E-state index contributed by atoms with van der Waals surface area (Å²) in [7, 11) is 1.67. The third-order valence-electron chi connectivity index (χ3n) is 6.04. The number of aliphatic carboxylic acids is 2. The van der Waals surface area contributed by atoms with Crippen LogP contribution in [0.4, 0.5) is 0 Å². The summed E-state index contributed by atoms with van der Waals surface area (Å²) in [5, 5.41) is 33.5. The van der Waals surface area contributed by atoms with Crippen LogP contribution in [0.25, 0.3) is 11.0 Å². The number of carbonyl (C=O) groups is 2. The average molecular weight is 588 g/mol. The van der Waals surface area contributed by atoms with E-state index < -0.39 is 24.1 Å². The summed E-state index contributed by atoms with van der Waals surface area (Å²) in [5.74, 6) is -2.70. The molecule has 0 aliphatic rings. The molecule has 2 aromatic heterocycles. The number of benzene rings is 2. The van der Waals surface area contributed by atoms with Gasteiger partial charge in [-0.25, -0.2) is 14.6 Å². The van der Waals surface area contributed by atoms with E-state index >= 15 is 0 Å². The standard InChI is InChI=1S/C24H24ClN3O3.C4H6O6/c1-30-22-6-3-2-5-18(22)14-28(11-4-10-27-12-9-26-17-27)15-19-16-31-23-8-7-20(25)13-21(23)24(19)29;5-1(3(7)8)2(6)4(9)10/h2-3,5-9,12-13,16-17H,4,10-11,14-15H2,1H3;1-2,5-6H,(H,7,8)(H,9,10). The lowest BCUT2D eigenvalue weighted by molar-refractivity contribution is -0.165. The van der Waals surface area contributed by atoms with Crippen molar-refractivity contribution in [2.24, 2.45) is 0 Å². The van der Waals surface area contributed by atoms with Gasteiger partial charge in [0.05, 0.1) is 25.1 Å². The first-order chi connectivity index (χ1) is 19.6. The highest BCUT2D eigenvalue weighted by Gasteiger charge is 2.29. The van der Waals surface area contributed by atoms with Crippen molar-refractivity contribution in [3.8, 4) is 5.75 Å². The number of ether oxygens (including phenoxy) is 1. The number of aromatic nitrogens is 2. The van der Waals surface area contributed by atoms with Gasteiger partial charge in [0.1, 0.15) is 11.3 Å². The van der Waals surface area contributed by atoms with Gasteiger partial charge in [0.2, 0.25) is 0 Å². The number of imidazole rings is 1. The van der Waals surface area contributed by atoms with Crippen molar-refractivity contribution in [3.05, 3.63) is 93.8 Å². The van der Waals surface area contributed by atoms with Crippen molar-refractivity contribution in [2.45, 2.75) is 38.3 Å². The zero-order chi connectivity index (χ0) is 29.9. The Balaban J connectivity index is 0.000000397. The zero-order valence-electron chi connectivity index (χ0n) is 22.1. The molecule has 12 nitrogen and oxygen atoms in total. The van der Waals surface area contributed by atoms with Gasteiger partial charge in [0, 0.05) is 54.7 Å². The molecule has 218 valence electrons. The number of carboxylic acids is 2. The molecule has 0 spiro atoms. The Labute approximate surface area is 239 Å². The smallest absolute Gasteiger partial charge is 0.335 e. The van der Waals surface area contributed by atoms with Gasteiger partial charge in [-0.3, -0.25) is 9.69 Å². The van der Waals surface area contributed by atoms with Crippen molar-refractivity contribution in [1.29, 1.82) is 0 Å². The highest BCUT2D eigenvalue weighted by molar-refractivity contribution is 6.31. The normalized spacial score (nSPS) is 12.4. The Bertz CT molecular complexity index is 1490. The highest BCUT2D eigenvalue weighted by Crippen LogP contribution is 2.22. The fourth-order valence-corrected chi connectivity index (χ4v) is 4.12. The van der Waals surface area contributed by atoms with Crippen LogP contribution in [0.15, 0.2) is 76.7 Å². The van der Waals surface area contributed by atoms with Crippen LogP contribution in [0.1, 0.15) is 17.5 Å². The molecule has 0 aliphatic heterocycles. The molecule has 2 heterocycles. The quantitative estimate of drug-likeness (QED) is 0.192. The second-order valence-electron chi connectivity index (χ2n) is 8.97. The molecule has 41 heavy (non-hydrogen) atoms. The molecule has 13 heteroatoms. The van der Waals surface area contributed by atoms with Crippen LogP contribution in [0.3, 0.4) is 0 Å². The summed E-state index contributed by atoms with van der Waals surface area (Å²) in [6, 6.07) is 13.0. The number of halogens is 1. The number of aliphatic hydroxyl groups excluding tert-OH is 2. The first kappa shape index (κ1) is 31.3. The van der Waals surface area contributed by atoms with E-state index in [0.29, 0.717) is 34.6 Å². The Kier molecular flexibility index (Phi) is 11.4. The van der Waals surface area contributed by atoms with Gasteiger partial charge in [-0.05, 0) is 30.7 Å². The molecule has 2 unspecified atom stereocenters. The highest BCUT2D eigenvalue weighted by atomic mass is 35.5. The molecule has 2 aromatic carbocycles. The number of fused-ring (bicyclic) bond motifs is 1. The number of aryl methyl sites for hydroxylation is 1. The Hall–Kier alpha value is -4.23. The fraction of sp³-hybridized carbons (Fsp3) is 0.286. The van der Waals surface area contributed by atoms with Gasteiger partial charge in [0.15, 0.2) is 17.6 Å². The molecule has 0 saturated heterocycles. The van der Waals surface area contributed by atoms with Crippen LogP contribution in [-0.2, 0) is 29.2 Å². The third-order valence-corrected chi connectivity index (χ3v) is 6.28. The number of aliphatic hydroxyl groups is 2. The van der Waals surface area contributed by atoms with E-state index in [9.17, 15) is 14.4 Å². The number of para-hydroxylation sites is 1. The van der Waals surface area contributed by atoms with Gasteiger partial charge in [0.25, 0.3) is 0 Å². The van der Waals surface area contributed by atoms with Crippen LogP contribution in [-0.4, -0.2) is 72.7 Å². The molecule has 4 aromatic rings. The zero-order valence-corrected chi connectivity index (χ0v) is 22.8. The summed E-state index contributed by atoms with van der Waals surface area (Å²) >= 11 is 6.09. The predicted molar refractivity (Wildman–Crippen MR) is 149 cm³/mol. The van der Waals surface area contributed by atoms with Gasteiger partial charge in [-0.1, -0.05) is 29.8 Å². The van der Waals surface area contributed by atoms with Crippen molar-refractivity contribution < 1.29 is 39.2 Å². The lowest BCUT2D eigenvalue weighted by Gasteiger charge is -2.23. The van der Waals surface area contributed by atoms with Crippen LogP contribution in [0.5, 0.6) is 5.75 Å². The fourth-order valence-electron chi connectivity index (χ4n) is 3.95. The number of carboxylic acid groups (broad SMARTS) is 2. The van der Waals surface area contributed by atoms with E-state index in [1.54, 1.807) is 37.8 Å². The van der Waals surface area contributed by atoms with E-state index in [4.69, 9.17) is 41.2 Å². The third kappa shape index (κ3) is 8.88. The lowest BCUT2D eigenvalue weighted by atomic mass is 10.1. The van der Waals surface area contributed by atoms with E-state index in [1.807, 2.05) is 41.4 Å². The number of nitrogens with zero attached hydrogens (tertiary/aromatic N) is 3. The maximum atomic E-state index is 13.1. The molecular weight excluding hydrogens is 558 g/mol. The second-order valence-corrected chi connectivity index (χ2v) is 9.41. The Morgan fingerprint density at radius 1 is 1.07 bits per heavy atom. The molecule has 4 N–H and O–H groups in total. The van der Waals surface area contributed by atoms with Crippen LogP contribution in [0, 0.1) is 0 Å². The van der Waals surface area contributed by atoms with Gasteiger partial charge in [-0.15, -0.1) is 0 Å². The molecule has 0 bridgehead atoms. The average Bonchev–Trinajstić information content (AvgIpc) is 3.48. The molecule has 0 aliphatic carbocycles. The van der Waals surface area contributed by atoms with Crippen molar-refractivity contribution >= 4 is 34.5 Å². The van der Waals surface area contributed by atoms with Gasteiger partial charge < -0.3 is 34.1 Å². The Morgan fingerprint density at radius 3 is 2.39 bits per heavy atom. The summed E-state index contributed by atoms with van der Waals surface area (Å²) in [4.78, 5) is 38.9. The molecule has 4 rings (SSSR count). The molecular formula is C28H30ClN3O9. The molecule has 0 amide bonds. The van der Waals surface area contributed by atoms with Gasteiger partial charge >= 0.3 is 11.9 Å². The minimum Gasteiger partial charge on any atom is -0.496 e. The van der Waals surface area contributed by atoms with Crippen LogP contribution < -0.4 is 10.2 Å². The molecule has 2 atom stereocenters. The second kappa shape index (κ2) is 15.0. The summed E-state index contributed by atoms with van der Waals surface area (Å²) in [6.07, 6.45) is 3.48. The Morgan fingerprint density at radius 2 is 1.76 bits per heavy atom. The summed E-state index contributed by atoms with van der Waals surface area (Å²) in [5.41, 5.74) is 2.16.